The highest BCUT2D eigenvalue weighted by Crippen LogP contribution is 2.41. The molecule has 0 saturated heterocycles. The molecular formula is C14H19BrN2O. The lowest BCUT2D eigenvalue weighted by Crippen LogP contribution is -2.35. The van der Waals surface area contributed by atoms with E-state index in [0.717, 1.165) is 5.69 Å². The van der Waals surface area contributed by atoms with E-state index in [-0.39, 0.29) is 11.4 Å². The number of hydrogen-bond acceptors (Lipinski definition) is 1. The van der Waals surface area contributed by atoms with E-state index >= 15 is 0 Å². The van der Waals surface area contributed by atoms with Crippen LogP contribution in [0.2, 0.25) is 0 Å². The van der Waals surface area contributed by atoms with Gasteiger partial charge >= 0.3 is 6.03 Å². The molecule has 1 aliphatic rings. The Kier molecular flexibility index (Phi) is 3.41. The molecule has 2 amide bonds. The molecule has 0 spiro atoms. The fraction of sp³-hybridized carbons (Fsp3) is 0.500. The number of alkyl halides is 1. The third kappa shape index (κ3) is 2.53. The SMILES string of the molecule is CN1Cc2cc(C(Br)C(C)(C)C)ccc2NC1=O. The van der Waals surface area contributed by atoms with Gasteiger partial charge in [-0.15, -0.1) is 0 Å². The minimum absolute atomic E-state index is 0.0403. The first-order chi connectivity index (χ1) is 8.29. The molecule has 1 aromatic carbocycles. The summed E-state index contributed by atoms with van der Waals surface area (Å²) in [4.78, 5) is 13.5. The van der Waals surface area contributed by atoms with Gasteiger partial charge in [0.05, 0.1) is 0 Å². The third-order valence-corrected chi connectivity index (χ3v) is 5.08. The molecule has 98 valence electrons. The van der Waals surface area contributed by atoms with E-state index in [0.29, 0.717) is 11.4 Å². The van der Waals surface area contributed by atoms with Gasteiger partial charge in [-0.3, -0.25) is 0 Å². The van der Waals surface area contributed by atoms with Crippen molar-refractivity contribution in [3.05, 3.63) is 29.3 Å². The molecule has 1 atom stereocenters. The van der Waals surface area contributed by atoms with Gasteiger partial charge in [0.2, 0.25) is 0 Å². The number of anilines is 1. The number of fused-ring (bicyclic) bond motifs is 1. The summed E-state index contributed by atoms with van der Waals surface area (Å²) >= 11 is 3.76. The van der Waals surface area contributed by atoms with Crippen molar-refractivity contribution >= 4 is 27.6 Å². The highest BCUT2D eigenvalue weighted by atomic mass is 79.9. The minimum atomic E-state index is -0.0403. The van der Waals surface area contributed by atoms with Gasteiger partial charge in [-0.2, -0.15) is 0 Å². The van der Waals surface area contributed by atoms with E-state index in [1.807, 2.05) is 6.07 Å². The number of halogens is 1. The zero-order chi connectivity index (χ0) is 13.5. The Hall–Kier alpha value is -1.03. The normalized spacial score (nSPS) is 17.2. The molecule has 3 nitrogen and oxygen atoms in total. The molecule has 4 heteroatoms. The highest BCUT2D eigenvalue weighted by molar-refractivity contribution is 9.09. The van der Waals surface area contributed by atoms with E-state index in [2.05, 4.69) is 54.2 Å². The second kappa shape index (κ2) is 4.57. The average Bonchev–Trinajstić information content (AvgIpc) is 2.28. The molecule has 0 aromatic heterocycles. The molecule has 0 aliphatic carbocycles. The molecule has 1 heterocycles. The topological polar surface area (TPSA) is 32.3 Å². The number of rotatable bonds is 1. The third-order valence-electron chi connectivity index (χ3n) is 3.18. The summed E-state index contributed by atoms with van der Waals surface area (Å²) in [6.45, 7) is 7.29. The van der Waals surface area contributed by atoms with Crippen LogP contribution >= 0.6 is 15.9 Å². The summed E-state index contributed by atoms with van der Waals surface area (Å²) in [5.41, 5.74) is 3.52. The molecule has 0 bridgehead atoms. The van der Waals surface area contributed by atoms with Crippen LogP contribution in [0.1, 0.15) is 36.7 Å². The lowest BCUT2D eigenvalue weighted by molar-refractivity contribution is 0.218. The number of carbonyl (C=O) groups is 1. The quantitative estimate of drug-likeness (QED) is 0.777. The number of hydrogen-bond donors (Lipinski definition) is 1. The average molecular weight is 311 g/mol. The van der Waals surface area contributed by atoms with Crippen molar-refractivity contribution < 1.29 is 4.79 Å². The van der Waals surface area contributed by atoms with Crippen LogP contribution in [0.25, 0.3) is 0 Å². The summed E-state index contributed by atoms with van der Waals surface area (Å²) in [7, 11) is 1.81. The van der Waals surface area contributed by atoms with Crippen molar-refractivity contribution in [2.45, 2.75) is 32.1 Å². The number of urea groups is 1. The van der Waals surface area contributed by atoms with Crippen molar-refractivity contribution in [1.82, 2.24) is 4.90 Å². The van der Waals surface area contributed by atoms with Gasteiger partial charge in [0.25, 0.3) is 0 Å². The van der Waals surface area contributed by atoms with Crippen molar-refractivity contribution in [1.29, 1.82) is 0 Å². The van der Waals surface area contributed by atoms with E-state index in [4.69, 9.17) is 0 Å². The molecule has 1 aliphatic heterocycles. The van der Waals surface area contributed by atoms with Crippen molar-refractivity contribution in [3.8, 4) is 0 Å². The number of carbonyl (C=O) groups excluding carboxylic acids is 1. The molecular weight excluding hydrogens is 292 g/mol. The van der Waals surface area contributed by atoms with Crippen molar-refractivity contribution in [2.24, 2.45) is 5.41 Å². The van der Waals surface area contributed by atoms with Crippen LogP contribution in [0.4, 0.5) is 10.5 Å². The Morgan fingerprint density at radius 3 is 2.67 bits per heavy atom. The Balaban J connectivity index is 2.33. The van der Waals surface area contributed by atoms with E-state index in [1.54, 1.807) is 11.9 Å². The van der Waals surface area contributed by atoms with Gasteiger partial charge < -0.3 is 10.2 Å². The van der Waals surface area contributed by atoms with Crippen LogP contribution in [0.3, 0.4) is 0 Å². The van der Waals surface area contributed by atoms with E-state index in [1.165, 1.54) is 11.1 Å². The molecule has 0 radical (unpaired) electrons. The Morgan fingerprint density at radius 1 is 1.39 bits per heavy atom. The minimum Gasteiger partial charge on any atom is -0.323 e. The summed E-state index contributed by atoms with van der Waals surface area (Å²) < 4.78 is 0. The van der Waals surface area contributed by atoms with E-state index in [9.17, 15) is 4.79 Å². The van der Waals surface area contributed by atoms with Crippen LogP contribution < -0.4 is 5.32 Å². The smallest absolute Gasteiger partial charge is 0.321 e. The number of nitrogens with zero attached hydrogens (tertiary/aromatic N) is 1. The van der Waals surface area contributed by atoms with Crippen LogP contribution in [-0.2, 0) is 6.54 Å². The first-order valence-corrected chi connectivity index (χ1v) is 6.99. The molecule has 1 unspecified atom stereocenters. The van der Waals surface area contributed by atoms with Gasteiger partial charge in [0.1, 0.15) is 0 Å². The summed E-state index contributed by atoms with van der Waals surface area (Å²) in [5, 5.41) is 2.89. The second-order valence-electron chi connectivity index (χ2n) is 5.93. The van der Waals surface area contributed by atoms with Gasteiger partial charge in [-0.1, -0.05) is 48.8 Å². The fourth-order valence-corrected chi connectivity index (χ4v) is 2.35. The van der Waals surface area contributed by atoms with Crippen LogP contribution in [0.15, 0.2) is 18.2 Å². The Labute approximate surface area is 117 Å². The second-order valence-corrected chi connectivity index (χ2v) is 6.85. The zero-order valence-corrected chi connectivity index (χ0v) is 12.8. The maximum atomic E-state index is 11.5. The largest absolute Gasteiger partial charge is 0.323 e. The summed E-state index contributed by atoms with van der Waals surface area (Å²) in [6, 6.07) is 6.21. The zero-order valence-electron chi connectivity index (χ0n) is 11.2. The molecule has 0 saturated carbocycles. The van der Waals surface area contributed by atoms with E-state index < -0.39 is 0 Å². The number of amides is 2. The fourth-order valence-electron chi connectivity index (χ4n) is 2.06. The summed E-state index contributed by atoms with van der Waals surface area (Å²) in [5.74, 6) is 0. The Morgan fingerprint density at radius 2 is 2.06 bits per heavy atom. The Bertz CT molecular complexity index is 479. The van der Waals surface area contributed by atoms with Crippen LogP contribution in [0.5, 0.6) is 0 Å². The molecule has 2 rings (SSSR count). The standard InChI is InChI=1S/C14H19BrN2O/c1-14(2,3)12(15)9-5-6-11-10(7-9)8-17(4)13(18)16-11/h5-7,12H,8H2,1-4H3,(H,16,18). The predicted octanol–water partition coefficient (Wildman–Crippen LogP) is 4.15. The van der Waals surface area contributed by atoms with Gasteiger partial charge in [-0.25, -0.2) is 4.79 Å². The van der Waals surface area contributed by atoms with Crippen molar-refractivity contribution in [3.63, 3.8) is 0 Å². The monoisotopic (exact) mass is 310 g/mol. The predicted molar refractivity (Wildman–Crippen MR) is 78.1 cm³/mol. The lowest BCUT2D eigenvalue weighted by atomic mass is 9.87. The molecule has 0 fully saturated rings. The maximum Gasteiger partial charge on any atom is 0.321 e. The number of nitrogens with one attached hydrogen (secondary N) is 1. The molecule has 1 N–H and O–H groups in total. The molecule has 1 aromatic rings. The van der Waals surface area contributed by atoms with Crippen LogP contribution in [-0.4, -0.2) is 18.0 Å². The first kappa shape index (κ1) is 13.4. The molecule has 18 heavy (non-hydrogen) atoms. The van der Waals surface area contributed by atoms with Crippen LogP contribution in [0, 0.1) is 5.41 Å². The number of benzene rings is 1. The first-order valence-electron chi connectivity index (χ1n) is 6.08. The lowest BCUT2D eigenvalue weighted by Gasteiger charge is -2.29. The van der Waals surface area contributed by atoms with Gasteiger partial charge in [0, 0.05) is 24.1 Å². The maximum absolute atomic E-state index is 11.5. The summed E-state index contributed by atoms with van der Waals surface area (Å²) in [6.07, 6.45) is 0. The van der Waals surface area contributed by atoms with Gasteiger partial charge in [-0.05, 0) is 22.6 Å². The highest BCUT2D eigenvalue weighted by Gasteiger charge is 2.25. The van der Waals surface area contributed by atoms with Crippen molar-refractivity contribution in [2.75, 3.05) is 12.4 Å². The van der Waals surface area contributed by atoms with Gasteiger partial charge in [0.15, 0.2) is 0 Å².